The van der Waals surface area contributed by atoms with Gasteiger partial charge in [0.25, 0.3) is 0 Å². The average molecular weight is 665 g/mol. The quantitative estimate of drug-likeness (QED) is 0.0440. The summed E-state index contributed by atoms with van der Waals surface area (Å²) in [5, 5.41) is 9.52. The summed E-state index contributed by atoms with van der Waals surface area (Å²) in [5.41, 5.74) is 0. The zero-order chi connectivity index (χ0) is 35.0. The van der Waals surface area contributed by atoms with Crippen LogP contribution < -0.4 is 0 Å². The Kier molecular flexibility index (Phi) is 35.7. The molecule has 0 spiro atoms. The van der Waals surface area contributed by atoms with Crippen molar-refractivity contribution in [3.63, 3.8) is 0 Å². The van der Waals surface area contributed by atoms with E-state index in [9.17, 15) is 14.7 Å². The first-order valence-corrected chi connectivity index (χ1v) is 18.8. The van der Waals surface area contributed by atoms with Gasteiger partial charge in [0, 0.05) is 12.8 Å². The maximum atomic E-state index is 12.1. The Morgan fingerprint density at radius 3 is 1.25 bits per heavy atom. The first-order chi connectivity index (χ1) is 23.6. The molecule has 0 rings (SSSR count). The fourth-order valence-corrected chi connectivity index (χ4v) is 4.48. The van der Waals surface area contributed by atoms with E-state index in [2.05, 4.69) is 98.9 Å². The molecular weight excluding hydrogens is 596 g/mol. The molecule has 0 radical (unpaired) electrons. The lowest BCUT2D eigenvalue weighted by Gasteiger charge is -2.15. The van der Waals surface area contributed by atoms with E-state index in [1.807, 2.05) is 12.2 Å². The number of aliphatic hydroxyl groups is 1. The smallest absolute Gasteiger partial charge is 0.306 e. The number of esters is 2. The number of rotatable bonds is 32. The van der Waals surface area contributed by atoms with Crippen LogP contribution in [0.15, 0.2) is 97.2 Å². The molecule has 0 aromatic heterocycles. The van der Waals surface area contributed by atoms with Crippen molar-refractivity contribution in [3.8, 4) is 0 Å². The highest BCUT2D eigenvalue weighted by atomic mass is 16.6. The molecule has 0 saturated heterocycles. The van der Waals surface area contributed by atoms with E-state index in [-0.39, 0.29) is 25.6 Å². The first-order valence-electron chi connectivity index (χ1n) is 18.8. The van der Waals surface area contributed by atoms with Crippen molar-refractivity contribution in [2.75, 3.05) is 13.2 Å². The lowest BCUT2D eigenvalue weighted by molar-refractivity contribution is -0.161. The van der Waals surface area contributed by atoms with Crippen LogP contribution in [0.2, 0.25) is 0 Å². The van der Waals surface area contributed by atoms with Crippen LogP contribution in [0.1, 0.15) is 142 Å². The lowest BCUT2D eigenvalue weighted by Crippen LogP contribution is -2.28. The van der Waals surface area contributed by atoms with Crippen LogP contribution in [0, 0.1) is 0 Å². The van der Waals surface area contributed by atoms with Gasteiger partial charge >= 0.3 is 11.9 Å². The lowest BCUT2D eigenvalue weighted by atomic mass is 10.1. The van der Waals surface area contributed by atoms with Crippen molar-refractivity contribution in [2.45, 2.75) is 148 Å². The SMILES string of the molecule is CCCCC/C=C\C/C=C\C/C=C\C/C=C\C/C=C\CCC(=O)O[C@@H](CO)COC(=O)CCCC/C=C\C/C=C\C/C=C\CCCCC. The standard InChI is InChI=1S/C43H68O5/c1-3-5-7-9-11-13-15-17-19-20-21-22-24-26-28-30-32-34-36-38-43(46)48-41(39-44)40-47-42(45)37-35-33-31-29-27-25-23-18-16-14-12-10-8-6-4-2/h11-14,17-19,21-23,26-29,32,34,41,44H,3-10,15-16,20,24-25,30-31,33,35-40H2,1-2H3/b13-11-,14-12-,19-17-,22-21-,23-18-,28-26-,29-27-,34-32-/t41-/m0/s1. The molecule has 0 unspecified atom stereocenters. The van der Waals surface area contributed by atoms with Gasteiger partial charge < -0.3 is 14.6 Å². The molecule has 5 nitrogen and oxygen atoms in total. The normalized spacial score (nSPS) is 13.3. The van der Waals surface area contributed by atoms with E-state index in [1.165, 1.54) is 51.4 Å². The van der Waals surface area contributed by atoms with Gasteiger partial charge in [0.2, 0.25) is 0 Å². The number of carbonyl (C=O) groups excluding carboxylic acids is 2. The third-order valence-electron chi connectivity index (χ3n) is 7.36. The highest BCUT2D eigenvalue weighted by Crippen LogP contribution is 2.06. The van der Waals surface area contributed by atoms with E-state index in [0.717, 1.165) is 57.8 Å². The van der Waals surface area contributed by atoms with Gasteiger partial charge in [0.15, 0.2) is 6.10 Å². The van der Waals surface area contributed by atoms with Crippen LogP contribution in [0.5, 0.6) is 0 Å². The molecule has 0 aliphatic carbocycles. The molecule has 0 bridgehead atoms. The second-order valence-corrected chi connectivity index (χ2v) is 11.9. The van der Waals surface area contributed by atoms with E-state index in [0.29, 0.717) is 12.8 Å². The summed E-state index contributed by atoms with van der Waals surface area (Å²) in [6.07, 6.45) is 53.3. The Labute approximate surface area is 294 Å². The third-order valence-corrected chi connectivity index (χ3v) is 7.36. The molecule has 48 heavy (non-hydrogen) atoms. The Balaban J connectivity index is 3.81. The van der Waals surface area contributed by atoms with Crippen LogP contribution in [0.4, 0.5) is 0 Å². The van der Waals surface area contributed by atoms with Crippen LogP contribution in [-0.4, -0.2) is 36.4 Å². The minimum absolute atomic E-state index is 0.122. The summed E-state index contributed by atoms with van der Waals surface area (Å²) in [6.45, 7) is 3.96. The van der Waals surface area contributed by atoms with Gasteiger partial charge in [-0.2, -0.15) is 0 Å². The predicted octanol–water partition coefficient (Wildman–Crippen LogP) is 11.7. The molecular formula is C43H68O5. The predicted molar refractivity (Wildman–Crippen MR) is 205 cm³/mol. The van der Waals surface area contributed by atoms with Gasteiger partial charge in [0.05, 0.1) is 6.61 Å². The number of unbranched alkanes of at least 4 members (excludes halogenated alkanes) is 8. The van der Waals surface area contributed by atoms with Crippen LogP contribution in [0.3, 0.4) is 0 Å². The van der Waals surface area contributed by atoms with E-state index in [4.69, 9.17) is 9.47 Å². The summed E-state index contributed by atoms with van der Waals surface area (Å²) in [7, 11) is 0. The van der Waals surface area contributed by atoms with Crippen LogP contribution in [-0.2, 0) is 19.1 Å². The Morgan fingerprint density at radius 2 is 0.854 bits per heavy atom. The Bertz CT molecular complexity index is 979. The van der Waals surface area contributed by atoms with Gasteiger partial charge in [-0.15, -0.1) is 0 Å². The van der Waals surface area contributed by atoms with Crippen molar-refractivity contribution >= 4 is 11.9 Å². The van der Waals surface area contributed by atoms with Crippen molar-refractivity contribution in [1.82, 2.24) is 0 Å². The molecule has 0 aliphatic heterocycles. The molecule has 0 aromatic rings. The van der Waals surface area contributed by atoms with E-state index >= 15 is 0 Å². The maximum absolute atomic E-state index is 12.1. The highest BCUT2D eigenvalue weighted by molar-refractivity contribution is 5.70. The topological polar surface area (TPSA) is 72.8 Å². The number of hydrogen-bond donors (Lipinski definition) is 1. The van der Waals surface area contributed by atoms with Crippen molar-refractivity contribution < 1.29 is 24.2 Å². The number of aliphatic hydroxyl groups excluding tert-OH is 1. The second kappa shape index (κ2) is 38.3. The fourth-order valence-electron chi connectivity index (χ4n) is 4.48. The molecule has 0 fully saturated rings. The van der Waals surface area contributed by atoms with Gasteiger partial charge in [-0.1, -0.05) is 137 Å². The van der Waals surface area contributed by atoms with Crippen LogP contribution >= 0.6 is 0 Å². The zero-order valence-electron chi connectivity index (χ0n) is 30.5. The van der Waals surface area contributed by atoms with E-state index in [1.54, 1.807) is 0 Å². The molecule has 270 valence electrons. The molecule has 0 aromatic carbocycles. The largest absolute Gasteiger partial charge is 0.462 e. The maximum Gasteiger partial charge on any atom is 0.306 e. The first kappa shape index (κ1) is 44.8. The van der Waals surface area contributed by atoms with Crippen molar-refractivity contribution in [2.24, 2.45) is 0 Å². The summed E-state index contributed by atoms with van der Waals surface area (Å²) in [4.78, 5) is 24.2. The molecule has 0 aliphatic rings. The Hall–Kier alpha value is -3.18. The summed E-state index contributed by atoms with van der Waals surface area (Å²) in [5.74, 6) is -0.744. The van der Waals surface area contributed by atoms with E-state index < -0.39 is 12.1 Å². The minimum Gasteiger partial charge on any atom is -0.462 e. The number of ether oxygens (including phenoxy) is 2. The number of carbonyl (C=O) groups is 2. The highest BCUT2D eigenvalue weighted by Gasteiger charge is 2.15. The monoisotopic (exact) mass is 665 g/mol. The molecule has 0 heterocycles. The second-order valence-electron chi connectivity index (χ2n) is 11.9. The zero-order valence-corrected chi connectivity index (χ0v) is 30.5. The number of allylic oxidation sites excluding steroid dienone is 16. The Morgan fingerprint density at radius 1 is 0.479 bits per heavy atom. The van der Waals surface area contributed by atoms with Crippen LogP contribution in [0.25, 0.3) is 0 Å². The fraction of sp³-hybridized carbons (Fsp3) is 0.581. The van der Waals surface area contributed by atoms with Gasteiger partial charge in [-0.3, -0.25) is 9.59 Å². The molecule has 1 atom stereocenters. The summed E-state index contributed by atoms with van der Waals surface area (Å²) < 4.78 is 10.5. The van der Waals surface area contributed by atoms with Gasteiger partial charge in [-0.05, 0) is 89.9 Å². The third kappa shape index (κ3) is 35.7. The number of hydrogen-bond acceptors (Lipinski definition) is 5. The summed E-state index contributed by atoms with van der Waals surface area (Å²) in [6, 6.07) is 0. The summed E-state index contributed by atoms with van der Waals surface area (Å²) >= 11 is 0. The molecule has 1 N–H and O–H groups in total. The molecule has 5 heteroatoms. The average Bonchev–Trinajstić information content (AvgIpc) is 3.09. The molecule has 0 amide bonds. The van der Waals surface area contributed by atoms with Gasteiger partial charge in [0.1, 0.15) is 6.61 Å². The van der Waals surface area contributed by atoms with Gasteiger partial charge in [-0.25, -0.2) is 0 Å². The minimum atomic E-state index is -0.832. The molecule has 0 saturated carbocycles. The van der Waals surface area contributed by atoms with Crippen molar-refractivity contribution in [1.29, 1.82) is 0 Å². The van der Waals surface area contributed by atoms with Crippen molar-refractivity contribution in [3.05, 3.63) is 97.2 Å².